The number of fused-ring (bicyclic) bond motifs is 1. The Balaban J connectivity index is 1.25. The van der Waals surface area contributed by atoms with Crippen molar-refractivity contribution in [3.8, 4) is 11.3 Å². The highest BCUT2D eigenvalue weighted by molar-refractivity contribution is 5.91. The van der Waals surface area contributed by atoms with Crippen LogP contribution in [0.3, 0.4) is 0 Å². The second kappa shape index (κ2) is 7.18. The molecule has 0 aliphatic heterocycles. The van der Waals surface area contributed by atoms with Gasteiger partial charge in [0.05, 0.1) is 18.3 Å². The number of carbonyl (C=O) groups excluding carboxylic acids is 1. The summed E-state index contributed by atoms with van der Waals surface area (Å²) in [6.07, 6.45) is -0.846. The van der Waals surface area contributed by atoms with Gasteiger partial charge in [0, 0.05) is 24.9 Å². The van der Waals surface area contributed by atoms with Crippen LogP contribution in [0.1, 0.15) is 24.2 Å². The molecule has 1 saturated carbocycles. The number of halogens is 3. The number of aromatic nitrogens is 4. The highest BCUT2D eigenvalue weighted by atomic mass is 19.4. The summed E-state index contributed by atoms with van der Waals surface area (Å²) >= 11 is 0. The fourth-order valence-electron chi connectivity index (χ4n) is 3.68. The molecule has 10 heteroatoms. The number of rotatable bonds is 5. The summed E-state index contributed by atoms with van der Waals surface area (Å²) in [5.74, 6) is -0.691. The first-order valence-electron chi connectivity index (χ1n) is 9.96. The number of hydrogen-bond donors (Lipinski definition) is 1. The number of amides is 1. The van der Waals surface area contributed by atoms with E-state index in [0.29, 0.717) is 5.69 Å². The summed E-state index contributed by atoms with van der Waals surface area (Å²) in [4.78, 5) is 21.3. The Hall–Kier alpha value is -3.69. The van der Waals surface area contributed by atoms with E-state index in [4.69, 9.17) is 4.52 Å². The van der Waals surface area contributed by atoms with Crippen molar-refractivity contribution in [2.75, 3.05) is 5.32 Å². The van der Waals surface area contributed by atoms with Crippen molar-refractivity contribution >= 4 is 22.9 Å². The van der Waals surface area contributed by atoms with E-state index in [-0.39, 0.29) is 30.8 Å². The lowest BCUT2D eigenvalue weighted by molar-refractivity contribution is -0.165. The predicted molar refractivity (Wildman–Crippen MR) is 110 cm³/mol. The average Bonchev–Trinajstić information content (AvgIpc) is 3.34. The Morgan fingerprint density at radius 1 is 1.22 bits per heavy atom. The van der Waals surface area contributed by atoms with Crippen molar-refractivity contribution in [2.24, 2.45) is 7.05 Å². The summed E-state index contributed by atoms with van der Waals surface area (Å²) in [6, 6.07) is 10.3. The molecule has 0 atom stereocenters. The topological polar surface area (TPSA) is 85.8 Å². The van der Waals surface area contributed by atoms with E-state index in [0.717, 1.165) is 28.4 Å². The molecule has 1 amide bonds. The maximum atomic E-state index is 13.2. The smallest absolute Gasteiger partial charge is 0.358 e. The minimum atomic E-state index is -4.40. The number of alkyl halides is 3. The third-order valence-electron chi connectivity index (χ3n) is 5.73. The molecule has 32 heavy (non-hydrogen) atoms. The normalized spacial score (nSPS) is 15.1. The third kappa shape index (κ3) is 3.51. The molecule has 5 rings (SSSR count). The second-order valence-corrected chi connectivity index (χ2v) is 7.97. The van der Waals surface area contributed by atoms with E-state index in [1.165, 1.54) is 0 Å². The van der Waals surface area contributed by atoms with E-state index in [2.05, 4.69) is 20.4 Å². The molecule has 4 aromatic rings. The number of nitrogens with zero attached hydrogens (tertiary/aromatic N) is 4. The molecule has 1 aromatic carbocycles. The van der Waals surface area contributed by atoms with Crippen molar-refractivity contribution < 1.29 is 22.5 Å². The molecular formula is C22H18F3N5O2. The maximum Gasteiger partial charge on any atom is 0.401 e. The molecule has 164 valence electrons. The van der Waals surface area contributed by atoms with Crippen LogP contribution >= 0.6 is 0 Å². The summed E-state index contributed by atoms with van der Waals surface area (Å²) < 4.78 is 46.3. The standard InChI is InChI=1S/C22H18F3N5O2/c1-30-9-6-15-20(30)27-16(12-26-15)14-4-2-13(3-5-14)10-19(31)28-18-11-17(32-29-18)21(7-8-21)22(23,24)25/h2-6,9,11-12H,7-8,10H2,1H3,(H,28,29,31). The Kier molecular flexibility index (Phi) is 4.54. The van der Waals surface area contributed by atoms with Crippen LogP contribution in [0, 0.1) is 0 Å². The van der Waals surface area contributed by atoms with Gasteiger partial charge in [-0.3, -0.25) is 9.78 Å². The second-order valence-electron chi connectivity index (χ2n) is 7.97. The zero-order valence-corrected chi connectivity index (χ0v) is 17.0. The van der Waals surface area contributed by atoms with E-state index in [1.807, 2.05) is 36.0 Å². The Morgan fingerprint density at radius 3 is 2.66 bits per heavy atom. The SMILES string of the molecule is Cn1ccc2ncc(-c3ccc(CC(=O)Nc4cc(C5(C(F)(F)F)CC5)on4)cc3)nc21. The summed E-state index contributed by atoms with van der Waals surface area (Å²) in [6.45, 7) is 0. The fourth-order valence-corrected chi connectivity index (χ4v) is 3.68. The largest absolute Gasteiger partial charge is 0.401 e. The molecule has 0 radical (unpaired) electrons. The van der Waals surface area contributed by atoms with Gasteiger partial charge in [0.2, 0.25) is 5.91 Å². The number of aryl methyl sites for hydroxylation is 1. The molecule has 1 aliphatic rings. The molecule has 1 aliphatic carbocycles. The van der Waals surface area contributed by atoms with Gasteiger partial charge in [-0.2, -0.15) is 13.2 Å². The molecule has 0 unspecified atom stereocenters. The van der Waals surface area contributed by atoms with Crippen molar-refractivity contribution in [1.29, 1.82) is 0 Å². The minimum Gasteiger partial charge on any atom is -0.358 e. The molecule has 7 nitrogen and oxygen atoms in total. The fraction of sp³-hybridized carbons (Fsp3) is 0.273. The highest BCUT2D eigenvalue weighted by Gasteiger charge is 2.66. The van der Waals surface area contributed by atoms with Gasteiger partial charge in [-0.25, -0.2) is 4.98 Å². The van der Waals surface area contributed by atoms with Gasteiger partial charge in [0.15, 0.2) is 17.2 Å². The first kappa shape index (κ1) is 20.2. The lowest BCUT2D eigenvalue weighted by Crippen LogP contribution is -2.28. The summed E-state index contributed by atoms with van der Waals surface area (Å²) in [7, 11) is 1.90. The maximum absolute atomic E-state index is 13.2. The van der Waals surface area contributed by atoms with Crippen LogP contribution in [0.4, 0.5) is 19.0 Å². The van der Waals surface area contributed by atoms with Crippen LogP contribution in [-0.4, -0.2) is 31.8 Å². The Morgan fingerprint density at radius 2 is 1.97 bits per heavy atom. The van der Waals surface area contributed by atoms with Crippen molar-refractivity contribution in [2.45, 2.75) is 30.9 Å². The van der Waals surface area contributed by atoms with E-state index in [1.54, 1.807) is 18.3 Å². The molecule has 3 heterocycles. The third-order valence-corrected chi connectivity index (χ3v) is 5.73. The average molecular weight is 441 g/mol. The lowest BCUT2D eigenvalue weighted by atomic mass is 10.0. The van der Waals surface area contributed by atoms with Gasteiger partial charge in [0.25, 0.3) is 0 Å². The van der Waals surface area contributed by atoms with Crippen molar-refractivity contribution in [3.63, 3.8) is 0 Å². The van der Waals surface area contributed by atoms with E-state index >= 15 is 0 Å². The highest BCUT2D eigenvalue weighted by Crippen LogP contribution is 2.59. The van der Waals surface area contributed by atoms with Crippen LogP contribution in [0.2, 0.25) is 0 Å². The van der Waals surface area contributed by atoms with Gasteiger partial charge >= 0.3 is 6.18 Å². The monoisotopic (exact) mass is 441 g/mol. The zero-order valence-electron chi connectivity index (χ0n) is 17.0. The van der Waals surface area contributed by atoms with Gasteiger partial charge in [-0.05, 0) is 24.5 Å². The number of anilines is 1. The van der Waals surface area contributed by atoms with Crippen LogP contribution in [-0.2, 0) is 23.7 Å². The molecule has 0 spiro atoms. The van der Waals surface area contributed by atoms with Gasteiger partial charge in [-0.15, -0.1) is 0 Å². The molecule has 0 bridgehead atoms. The van der Waals surface area contributed by atoms with Crippen LogP contribution in [0.15, 0.2) is 53.3 Å². The molecule has 1 fully saturated rings. The van der Waals surface area contributed by atoms with Crippen molar-refractivity contribution in [1.82, 2.24) is 19.7 Å². The van der Waals surface area contributed by atoms with Gasteiger partial charge < -0.3 is 14.4 Å². The molecular weight excluding hydrogens is 423 g/mol. The van der Waals surface area contributed by atoms with E-state index < -0.39 is 17.5 Å². The lowest BCUT2D eigenvalue weighted by Gasteiger charge is -2.14. The van der Waals surface area contributed by atoms with Crippen LogP contribution in [0.5, 0.6) is 0 Å². The van der Waals surface area contributed by atoms with E-state index in [9.17, 15) is 18.0 Å². The first-order chi connectivity index (χ1) is 15.2. The number of hydrogen-bond acceptors (Lipinski definition) is 5. The summed E-state index contributed by atoms with van der Waals surface area (Å²) in [5.41, 5.74) is 1.91. The molecule has 3 aromatic heterocycles. The minimum absolute atomic E-state index is 0.0247. The quantitative estimate of drug-likeness (QED) is 0.496. The number of carbonyl (C=O) groups is 1. The van der Waals surface area contributed by atoms with Crippen molar-refractivity contribution in [3.05, 3.63) is 60.1 Å². The zero-order chi connectivity index (χ0) is 22.5. The predicted octanol–water partition coefficient (Wildman–Crippen LogP) is 4.40. The summed E-state index contributed by atoms with van der Waals surface area (Å²) in [5, 5.41) is 6.07. The number of benzene rings is 1. The number of nitrogens with one attached hydrogen (secondary N) is 1. The molecule has 0 saturated heterocycles. The Labute approximate surface area is 180 Å². The first-order valence-corrected chi connectivity index (χ1v) is 9.96. The molecule has 1 N–H and O–H groups in total. The van der Waals surface area contributed by atoms with Gasteiger partial charge in [0.1, 0.15) is 10.9 Å². The van der Waals surface area contributed by atoms with Gasteiger partial charge in [-0.1, -0.05) is 29.4 Å². The van der Waals surface area contributed by atoms with Crippen LogP contribution in [0.25, 0.3) is 22.4 Å². The van der Waals surface area contributed by atoms with Crippen LogP contribution < -0.4 is 5.32 Å². The Bertz CT molecular complexity index is 1300.